The number of thiol groups is 1. The van der Waals surface area contributed by atoms with Gasteiger partial charge < -0.3 is 10.2 Å². The zero-order valence-corrected chi connectivity index (χ0v) is 10.5. The van der Waals surface area contributed by atoms with Gasteiger partial charge in [0.15, 0.2) is 11.5 Å². The van der Waals surface area contributed by atoms with Crippen LogP contribution in [0.25, 0.3) is 0 Å². The average molecular weight is 259 g/mol. The van der Waals surface area contributed by atoms with Crippen molar-refractivity contribution in [3.63, 3.8) is 0 Å². The van der Waals surface area contributed by atoms with Crippen molar-refractivity contribution >= 4 is 12.6 Å². The largest absolute Gasteiger partial charge is 0.504 e. The summed E-state index contributed by atoms with van der Waals surface area (Å²) < 4.78 is 0. The van der Waals surface area contributed by atoms with Crippen molar-refractivity contribution in [2.24, 2.45) is 0 Å². The minimum Gasteiger partial charge on any atom is -0.504 e. The second-order valence-electron chi connectivity index (χ2n) is 4.42. The van der Waals surface area contributed by atoms with Crippen LogP contribution in [0.15, 0.2) is 42.5 Å². The molecule has 3 rings (SSSR count). The van der Waals surface area contributed by atoms with Crippen molar-refractivity contribution in [2.45, 2.75) is 11.4 Å². The van der Waals surface area contributed by atoms with Gasteiger partial charge in [0.2, 0.25) is 0 Å². The smallest absolute Gasteiger partial charge is 0.157 e. The summed E-state index contributed by atoms with van der Waals surface area (Å²) in [6, 6.07) is 12.8. The maximum Gasteiger partial charge on any atom is 0.157 e. The molecule has 92 valence electrons. The molecule has 3 N–H and O–H groups in total. The Hall–Kier alpha value is -1.65. The summed E-state index contributed by atoms with van der Waals surface area (Å²) in [5, 5.41) is 22.3. The minimum atomic E-state index is -0.623. The topological polar surface area (TPSA) is 52.5 Å². The molecule has 1 atom stereocenters. The molecular formula is C14H13NO2S. The van der Waals surface area contributed by atoms with Gasteiger partial charge in [-0.05, 0) is 28.8 Å². The number of nitrogens with one attached hydrogen (secondary N) is 1. The molecule has 1 aliphatic rings. The van der Waals surface area contributed by atoms with Gasteiger partial charge in [-0.3, -0.25) is 5.32 Å². The molecule has 0 fully saturated rings. The van der Waals surface area contributed by atoms with E-state index in [0.29, 0.717) is 0 Å². The van der Waals surface area contributed by atoms with Crippen LogP contribution in [0.4, 0.5) is 0 Å². The summed E-state index contributed by atoms with van der Waals surface area (Å²) in [6.45, 7) is 0.737. The number of phenolic OH excluding ortho intramolecular Hbond substituents is 2. The van der Waals surface area contributed by atoms with Crippen molar-refractivity contribution in [3.8, 4) is 11.5 Å². The number of benzene rings is 2. The lowest BCUT2D eigenvalue weighted by molar-refractivity contribution is 0.402. The molecule has 0 radical (unpaired) electrons. The van der Waals surface area contributed by atoms with Gasteiger partial charge in [0.25, 0.3) is 0 Å². The molecule has 3 nitrogen and oxygen atoms in total. The molecule has 0 spiro atoms. The quantitative estimate of drug-likeness (QED) is 0.470. The normalized spacial score (nSPS) is 21.8. The van der Waals surface area contributed by atoms with E-state index < -0.39 is 4.87 Å². The van der Waals surface area contributed by atoms with Crippen LogP contribution in [-0.4, -0.2) is 10.2 Å². The molecule has 2 aromatic carbocycles. The number of hydrogen-bond donors (Lipinski definition) is 4. The molecule has 18 heavy (non-hydrogen) atoms. The van der Waals surface area contributed by atoms with E-state index in [9.17, 15) is 10.2 Å². The second kappa shape index (κ2) is 3.93. The third-order valence-corrected chi connectivity index (χ3v) is 3.99. The molecule has 0 aromatic heterocycles. The van der Waals surface area contributed by atoms with Crippen molar-refractivity contribution in [1.82, 2.24) is 5.32 Å². The fourth-order valence-electron chi connectivity index (χ4n) is 2.35. The molecule has 0 saturated heterocycles. The molecule has 0 aliphatic carbocycles. The third-order valence-electron chi connectivity index (χ3n) is 3.34. The van der Waals surface area contributed by atoms with Crippen LogP contribution in [0.3, 0.4) is 0 Å². The van der Waals surface area contributed by atoms with E-state index in [1.807, 2.05) is 18.2 Å². The van der Waals surface area contributed by atoms with Crippen molar-refractivity contribution in [2.75, 3.05) is 0 Å². The third kappa shape index (κ3) is 1.57. The SMILES string of the molecule is Oc1ccc(C2(S)NCc3ccccc32)cc1O. The first-order chi connectivity index (χ1) is 8.61. The summed E-state index contributed by atoms with van der Waals surface area (Å²) in [5.41, 5.74) is 3.09. The van der Waals surface area contributed by atoms with E-state index in [1.54, 1.807) is 6.07 Å². The summed E-state index contributed by atoms with van der Waals surface area (Å²) >= 11 is 4.73. The Bertz CT molecular complexity index is 614. The van der Waals surface area contributed by atoms with Crippen LogP contribution in [0, 0.1) is 0 Å². The molecule has 1 aliphatic heterocycles. The highest BCUT2D eigenvalue weighted by Crippen LogP contribution is 2.42. The van der Waals surface area contributed by atoms with E-state index in [0.717, 1.165) is 17.7 Å². The van der Waals surface area contributed by atoms with Crippen molar-refractivity contribution in [3.05, 3.63) is 59.2 Å². The number of aromatic hydroxyl groups is 2. The van der Waals surface area contributed by atoms with Gasteiger partial charge in [-0.25, -0.2) is 0 Å². The standard InChI is InChI=1S/C14H13NO2S/c16-12-6-5-10(7-13(12)17)14(18)11-4-2-1-3-9(11)8-15-14/h1-7,15-18H,8H2. The number of rotatable bonds is 1. The van der Waals surface area contributed by atoms with Crippen LogP contribution >= 0.6 is 12.6 Å². The van der Waals surface area contributed by atoms with Gasteiger partial charge in [0.1, 0.15) is 4.87 Å². The first-order valence-electron chi connectivity index (χ1n) is 5.69. The highest BCUT2D eigenvalue weighted by Gasteiger charge is 2.36. The Balaban J connectivity index is 2.14. The van der Waals surface area contributed by atoms with E-state index in [1.165, 1.54) is 17.7 Å². The lowest BCUT2D eigenvalue weighted by Gasteiger charge is -2.25. The lowest BCUT2D eigenvalue weighted by Crippen LogP contribution is -2.31. The maximum atomic E-state index is 9.61. The Kier molecular flexibility index (Phi) is 2.50. The molecule has 0 amide bonds. The van der Waals surface area contributed by atoms with Gasteiger partial charge in [-0.1, -0.05) is 30.3 Å². The van der Waals surface area contributed by atoms with Crippen LogP contribution in [-0.2, 0) is 11.4 Å². The van der Waals surface area contributed by atoms with Gasteiger partial charge in [0, 0.05) is 6.54 Å². The molecule has 4 heteroatoms. The van der Waals surface area contributed by atoms with E-state index in [2.05, 4.69) is 11.4 Å². The number of phenols is 2. The van der Waals surface area contributed by atoms with Gasteiger partial charge in [-0.15, -0.1) is 12.6 Å². The van der Waals surface area contributed by atoms with E-state index >= 15 is 0 Å². The average Bonchev–Trinajstić information content (AvgIpc) is 2.73. The van der Waals surface area contributed by atoms with Crippen LogP contribution in [0.2, 0.25) is 0 Å². The molecule has 0 bridgehead atoms. The predicted octanol–water partition coefficient (Wildman–Crippen LogP) is 2.33. The highest BCUT2D eigenvalue weighted by atomic mass is 32.1. The van der Waals surface area contributed by atoms with Crippen molar-refractivity contribution in [1.29, 1.82) is 0 Å². The molecule has 2 aromatic rings. The number of hydrogen-bond acceptors (Lipinski definition) is 4. The Morgan fingerprint density at radius 2 is 1.83 bits per heavy atom. The first-order valence-corrected chi connectivity index (χ1v) is 6.14. The second-order valence-corrected chi connectivity index (χ2v) is 5.10. The Morgan fingerprint density at radius 3 is 2.61 bits per heavy atom. The molecule has 1 heterocycles. The van der Waals surface area contributed by atoms with Crippen LogP contribution < -0.4 is 5.32 Å². The monoisotopic (exact) mass is 259 g/mol. The fraction of sp³-hybridized carbons (Fsp3) is 0.143. The highest BCUT2D eigenvalue weighted by molar-refractivity contribution is 7.81. The van der Waals surface area contributed by atoms with Gasteiger partial charge in [0.05, 0.1) is 0 Å². The van der Waals surface area contributed by atoms with Gasteiger partial charge >= 0.3 is 0 Å². The molecular weight excluding hydrogens is 246 g/mol. The van der Waals surface area contributed by atoms with E-state index in [-0.39, 0.29) is 11.5 Å². The molecule has 0 saturated carbocycles. The summed E-state index contributed by atoms with van der Waals surface area (Å²) in [5.74, 6) is -0.255. The van der Waals surface area contributed by atoms with E-state index in [4.69, 9.17) is 12.6 Å². The van der Waals surface area contributed by atoms with Crippen molar-refractivity contribution < 1.29 is 10.2 Å². The minimum absolute atomic E-state index is 0.123. The maximum absolute atomic E-state index is 9.61. The van der Waals surface area contributed by atoms with Crippen LogP contribution in [0.5, 0.6) is 11.5 Å². The summed E-state index contributed by atoms with van der Waals surface area (Å²) in [4.78, 5) is -0.623. The zero-order valence-electron chi connectivity index (χ0n) is 9.59. The Morgan fingerprint density at radius 1 is 1.06 bits per heavy atom. The van der Waals surface area contributed by atoms with Crippen LogP contribution in [0.1, 0.15) is 16.7 Å². The Labute approximate surface area is 111 Å². The lowest BCUT2D eigenvalue weighted by atomic mass is 9.97. The number of fused-ring (bicyclic) bond motifs is 1. The molecule has 1 unspecified atom stereocenters. The summed E-state index contributed by atoms with van der Waals surface area (Å²) in [6.07, 6.45) is 0. The van der Waals surface area contributed by atoms with Gasteiger partial charge in [-0.2, -0.15) is 0 Å². The summed E-state index contributed by atoms with van der Waals surface area (Å²) in [7, 11) is 0. The zero-order chi connectivity index (χ0) is 12.8. The first kappa shape index (κ1) is 11.4. The fourth-order valence-corrected chi connectivity index (χ4v) is 2.79. The predicted molar refractivity (Wildman–Crippen MR) is 72.8 cm³/mol.